The van der Waals surface area contributed by atoms with Gasteiger partial charge in [-0.3, -0.25) is 4.98 Å². The molecule has 1 aliphatic rings. The van der Waals surface area contributed by atoms with Crippen LogP contribution in [0.2, 0.25) is 0 Å². The third kappa shape index (κ3) is 3.24. The first-order chi connectivity index (χ1) is 10.1. The minimum Gasteiger partial charge on any atom is -0.369 e. The van der Waals surface area contributed by atoms with E-state index in [1.165, 1.54) is 22.4 Å². The number of likely N-dealkylation sites (N-methyl/N-ethyl adjacent to an activating group) is 1. The van der Waals surface area contributed by atoms with Crippen LogP contribution in [-0.4, -0.2) is 43.1 Å². The molecule has 0 spiro atoms. The number of piperazine rings is 1. The van der Waals surface area contributed by atoms with Crippen molar-refractivity contribution in [2.75, 3.05) is 38.1 Å². The second-order valence-electron chi connectivity index (χ2n) is 6.07. The molecular weight excluding hydrogens is 258 g/mol. The fraction of sp³-hybridized carbons (Fsp3) is 0.389. The van der Waals surface area contributed by atoms with Gasteiger partial charge in [0, 0.05) is 43.6 Å². The van der Waals surface area contributed by atoms with Crippen molar-refractivity contribution in [1.29, 1.82) is 0 Å². The number of pyridine rings is 1. The van der Waals surface area contributed by atoms with Crippen molar-refractivity contribution >= 4 is 5.69 Å². The number of aryl methyl sites for hydroxylation is 2. The Balaban J connectivity index is 1.89. The van der Waals surface area contributed by atoms with E-state index in [2.05, 4.69) is 66.0 Å². The summed E-state index contributed by atoms with van der Waals surface area (Å²) in [6, 6.07) is 11.0. The second-order valence-corrected chi connectivity index (χ2v) is 6.07. The molecule has 3 heteroatoms. The SMILES string of the molecule is Cc1cc(C)cc(-c2cc(N3CCN(C)CC3)ccn2)c1. The summed E-state index contributed by atoms with van der Waals surface area (Å²) >= 11 is 0. The number of rotatable bonds is 2. The van der Waals surface area contributed by atoms with Crippen molar-refractivity contribution in [2.45, 2.75) is 13.8 Å². The lowest BCUT2D eigenvalue weighted by molar-refractivity contribution is 0.313. The first-order valence-corrected chi connectivity index (χ1v) is 7.60. The number of hydrogen-bond acceptors (Lipinski definition) is 3. The van der Waals surface area contributed by atoms with Crippen LogP contribution in [0, 0.1) is 13.8 Å². The van der Waals surface area contributed by atoms with Crippen molar-refractivity contribution in [3.05, 3.63) is 47.7 Å². The zero-order valence-electron chi connectivity index (χ0n) is 13.1. The summed E-state index contributed by atoms with van der Waals surface area (Å²) in [6.45, 7) is 8.71. The summed E-state index contributed by atoms with van der Waals surface area (Å²) in [6.07, 6.45) is 1.93. The molecule has 3 rings (SSSR count). The van der Waals surface area contributed by atoms with E-state index < -0.39 is 0 Å². The number of benzene rings is 1. The molecular formula is C18H23N3. The van der Waals surface area contributed by atoms with Crippen molar-refractivity contribution < 1.29 is 0 Å². The topological polar surface area (TPSA) is 19.4 Å². The van der Waals surface area contributed by atoms with Crippen LogP contribution in [0.5, 0.6) is 0 Å². The van der Waals surface area contributed by atoms with Crippen LogP contribution < -0.4 is 4.90 Å². The maximum absolute atomic E-state index is 4.56. The Labute approximate surface area is 127 Å². The number of nitrogens with zero attached hydrogens (tertiary/aromatic N) is 3. The van der Waals surface area contributed by atoms with Crippen LogP contribution >= 0.6 is 0 Å². The van der Waals surface area contributed by atoms with Gasteiger partial charge in [-0.2, -0.15) is 0 Å². The maximum Gasteiger partial charge on any atom is 0.0722 e. The fourth-order valence-electron chi connectivity index (χ4n) is 2.96. The smallest absolute Gasteiger partial charge is 0.0722 e. The molecule has 21 heavy (non-hydrogen) atoms. The first kappa shape index (κ1) is 14.1. The lowest BCUT2D eigenvalue weighted by atomic mass is 10.0. The predicted molar refractivity (Wildman–Crippen MR) is 88.9 cm³/mol. The zero-order valence-corrected chi connectivity index (χ0v) is 13.1. The summed E-state index contributed by atoms with van der Waals surface area (Å²) < 4.78 is 0. The van der Waals surface area contributed by atoms with Crippen LogP contribution in [0.15, 0.2) is 36.5 Å². The molecule has 1 aliphatic heterocycles. The summed E-state index contributed by atoms with van der Waals surface area (Å²) in [5, 5.41) is 0. The van der Waals surface area contributed by atoms with Gasteiger partial charge in [-0.1, -0.05) is 17.2 Å². The van der Waals surface area contributed by atoms with Gasteiger partial charge in [0.2, 0.25) is 0 Å². The largest absolute Gasteiger partial charge is 0.369 e. The van der Waals surface area contributed by atoms with Crippen LogP contribution in [0.25, 0.3) is 11.3 Å². The molecule has 1 aromatic carbocycles. The Morgan fingerprint density at radius 1 is 0.905 bits per heavy atom. The summed E-state index contributed by atoms with van der Waals surface area (Å²) in [7, 11) is 2.19. The molecule has 0 saturated carbocycles. The molecule has 1 saturated heterocycles. The fourth-order valence-corrected chi connectivity index (χ4v) is 2.96. The Kier molecular flexibility index (Phi) is 3.93. The van der Waals surface area contributed by atoms with Gasteiger partial charge >= 0.3 is 0 Å². The van der Waals surface area contributed by atoms with Crippen LogP contribution in [-0.2, 0) is 0 Å². The van der Waals surface area contributed by atoms with Gasteiger partial charge < -0.3 is 9.80 Å². The normalized spacial score (nSPS) is 16.2. The minimum atomic E-state index is 1.07. The quantitative estimate of drug-likeness (QED) is 0.843. The van der Waals surface area contributed by atoms with E-state index >= 15 is 0 Å². The van der Waals surface area contributed by atoms with Crippen LogP contribution in [0.4, 0.5) is 5.69 Å². The molecule has 0 amide bonds. The average molecular weight is 281 g/mol. The molecule has 3 nitrogen and oxygen atoms in total. The maximum atomic E-state index is 4.56. The minimum absolute atomic E-state index is 1.07. The van der Waals surface area contributed by atoms with E-state index in [1.807, 2.05) is 6.20 Å². The van der Waals surface area contributed by atoms with E-state index in [0.717, 1.165) is 31.9 Å². The number of hydrogen-bond donors (Lipinski definition) is 0. The van der Waals surface area contributed by atoms with E-state index in [9.17, 15) is 0 Å². The third-order valence-corrected chi connectivity index (χ3v) is 4.13. The van der Waals surface area contributed by atoms with Crippen molar-refractivity contribution in [1.82, 2.24) is 9.88 Å². The molecule has 2 heterocycles. The van der Waals surface area contributed by atoms with E-state index in [-0.39, 0.29) is 0 Å². The molecule has 110 valence electrons. The van der Waals surface area contributed by atoms with Gasteiger partial charge in [0.15, 0.2) is 0 Å². The lowest BCUT2D eigenvalue weighted by Gasteiger charge is -2.34. The highest BCUT2D eigenvalue weighted by atomic mass is 15.2. The molecule has 0 bridgehead atoms. The molecule has 2 aromatic rings. The van der Waals surface area contributed by atoms with Crippen molar-refractivity contribution in [3.8, 4) is 11.3 Å². The van der Waals surface area contributed by atoms with Gasteiger partial charge in [-0.25, -0.2) is 0 Å². The highest BCUT2D eigenvalue weighted by Gasteiger charge is 2.15. The Morgan fingerprint density at radius 2 is 1.57 bits per heavy atom. The predicted octanol–water partition coefficient (Wildman–Crippen LogP) is 3.12. The number of anilines is 1. The highest BCUT2D eigenvalue weighted by molar-refractivity contribution is 5.66. The average Bonchev–Trinajstić information content (AvgIpc) is 2.47. The van der Waals surface area contributed by atoms with E-state index in [1.54, 1.807) is 0 Å². The molecule has 1 fully saturated rings. The number of aromatic nitrogens is 1. The van der Waals surface area contributed by atoms with Gasteiger partial charge in [-0.15, -0.1) is 0 Å². The third-order valence-electron chi connectivity index (χ3n) is 4.13. The standard InChI is InChI=1S/C18H23N3/c1-14-10-15(2)12-16(11-14)18-13-17(4-5-19-18)21-8-6-20(3)7-9-21/h4-5,10-13H,6-9H2,1-3H3. The van der Waals surface area contributed by atoms with Gasteiger partial charge in [0.1, 0.15) is 0 Å². The van der Waals surface area contributed by atoms with Crippen LogP contribution in [0.3, 0.4) is 0 Å². The Bertz CT molecular complexity index is 608. The molecule has 0 aliphatic carbocycles. The van der Waals surface area contributed by atoms with Crippen molar-refractivity contribution in [2.24, 2.45) is 0 Å². The Morgan fingerprint density at radius 3 is 2.24 bits per heavy atom. The second kappa shape index (κ2) is 5.86. The van der Waals surface area contributed by atoms with E-state index in [4.69, 9.17) is 0 Å². The van der Waals surface area contributed by atoms with Crippen LogP contribution in [0.1, 0.15) is 11.1 Å². The summed E-state index contributed by atoms with van der Waals surface area (Å²) in [5.41, 5.74) is 6.14. The van der Waals surface area contributed by atoms with Gasteiger partial charge in [0.05, 0.1) is 5.69 Å². The van der Waals surface area contributed by atoms with Gasteiger partial charge in [0.25, 0.3) is 0 Å². The lowest BCUT2D eigenvalue weighted by Crippen LogP contribution is -2.44. The van der Waals surface area contributed by atoms with Crippen molar-refractivity contribution in [3.63, 3.8) is 0 Å². The molecule has 1 aromatic heterocycles. The Hall–Kier alpha value is -1.87. The van der Waals surface area contributed by atoms with E-state index in [0.29, 0.717) is 0 Å². The summed E-state index contributed by atoms with van der Waals surface area (Å²) in [5.74, 6) is 0. The van der Waals surface area contributed by atoms with Gasteiger partial charge in [-0.05, 0) is 45.2 Å². The molecule has 0 unspecified atom stereocenters. The summed E-state index contributed by atoms with van der Waals surface area (Å²) in [4.78, 5) is 9.39. The molecule has 0 radical (unpaired) electrons. The monoisotopic (exact) mass is 281 g/mol. The molecule has 0 N–H and O–H groups in total. The highest BCUT2D eigenvalue weighted by Crippen LogP contribution is 2.25. The first-order valence-electron chi connectivity index (χ1n) is 7.60. The molecule has 0 atom stereocenters. The zero-order chi connectivity index (χ0) is 14.8.